The minimum absolute atomic E-state index is 0.127. The number of nitrogens with one attached hydrogen (secondary N) is 1. The number of aromatic amines is 1. The Labute approximate surface area is 179 Å². The van der Waals surface area contributed by atoms with Gasteiger partial charge in [0.25, 0.3) is 11.5 Å². The quantitative estimate of drug-likeness (QED) is 0.624. The minimum Gasteiger partial charge on any atom is -0.383 e. The van der Waals surface area contributed by atoms with Gasteiger partial charge >= 0.3 is 11.7 Å². The maximum Gasteiger partial charge on any atom is 0.330 e. The summed E-state index contributed by atoms with van der Waals surface area (Å²) in [4.78, 5) is 68.9. The summed E-state index contributed by atoms with van der Waals surface area (Å²) in [6.45, 7) is 1.74. The van der Waals surface area contributed by atoms with E-state index in [1.165, 1.54) is 16.5 Å². The Bertz CT molecular complexity index is 1010. The summed E-state index contributed by atoms with van der Waals surface area (Å²) in [5, 5.41) is 0. The summed E-state index contributed by atoms with van der Waals surface area (Å²) in [7, 11) is 2.93. The molecule has 1 spiro atoms. The fraction of sp³-hybridized carbons (Fsp3) is 0.650. The second-order valence-corrected chi connectivity index (χ2v) is 8.28. The van der Waals surface area contributed by atoms with Gasteiger partial charge in [-0.1, -0.05) is 32.6 Å². The van der Waals surface area contributed by atoms with Crippen molar-refractivity contribution in [3.8, 4) is 0 Å². The Morgan fingerprint density at radius 1 is 1.16 bits per heavy atom. The third-order valence-corrected chi connectivity index (χ3v) is 6.44. The lowest BCUT2D eigenvalue weighted by atomic mass is 9.81. The highest BCUT2D eigenvalue weighted by atomic mass is 16.2. The molecule has 3 rings (SSSR count). The first-order valence-electron chi connectivity index (χ1n) is 10.6. The van der Waals surface area contributed by atoms with Crippen LogP contribution in [0.15, 0.2) is 9.59 Å². The first kappa shape index (κ1) is 22.6. The molecule has 1 saturated carbocycles. The van der Waals surface area contributed by atoms with Gasteiger partial charge in [-0.2, -0.15) is 0 Å². The van der Waals surface area contributed by atoms with Gasteiger partial charge < -0.3 is 15.5 Å². The summed E-state index contributed by atoms with van der Waals surface area (Å²) < 4.78 is 1.21. The van der Waals surface area contributed by atoms with E-state index in [9.17, 15) is 24.0 Å². The second-order valence-electron chi connectivity index (χ2n) is 8.28. The van der Waals surface area contributed by atoms with Gasteiger partial charge in [-0.3, -0.25) is 28.8 Å². The normalized spacial score (nSPS) is 18.2. The van der Waals surface area contributed by atoms with E-state index in [2.05, 4.69) is 4.98 Å². The van der Waals surface area contributed by atoms with E-state index in [1.54, 1.807) is 7.05 Å². The number of carbonyl (C=O) groups excluding carboxylic acids is 3. The van der Waals surface area contributed by atoms with Gasteiger partial charge in [0.15, 0.2) is 5.69 Å². The molecule has 0 aromatic carbocycles. The maximum atomic E-state index is 13.1. The number of likely N-dealkylation sites (N-methyl/N-ethyl adjacent to an activating group) is 2. The molecule has 3 N–H and O–H groups in total. The first-order chi connectivity index (χ1) is 14.7. The van der Waals surface area contributed by atoms with Crippen molar-refractivity contribution in [2.75, 3.05) is 31.3 Å². The third kappa shape index (κ3) is 3.72. The molecule has 0 radical (unpaired) electrons. The highest BCUT2D eigenvalue weighted by Gasteiger charge is 2.56. The molecular weight excluding hydrogens is 404 g/mol. The van der Waals surface area contributed by atoms with Crippen LogP contribution in [0.25, 0.3) is 0 Å². The van der Waals surface area contributed by atoms with Crippen molar-refractivity contribution < 1.29 is 14.4 Å². The Kier molecular flexibility index (Phi) is 6.23. The SMILES string of the molecule is CCCCn1c(N)c(N(C)C(=O)CN2C(=O)N(C)C3(CCCCC3)C2=O)c(=O)[nH]c1=O. The van der Waals surface area contributed by atoms with Crippen LogP contribution < -0.4 is 21.9 Å². The molecule has 31 heavy (non-hydrogen) atoms. The minimum atomic E-state index is -0.891. The zero-order valence-electron chi connectivity index (χ0n) is 18.3. The van der Waals surface area contributed by atoms with E-state index in [4.69, 9.17) is 5.73 Å². The predicted octanol–water partition coefficient (Wildman–Crippen LogP) is 0.479. The molecule has 11 heteroatoms. The van der Waals surface area contributed by atoms with E-state index in [1.807, 2.05) is 6.92 Å². The molecule has 11 nitrogen and oxygen atoms in total. The summed E-state index contributed by atoms with van der Waals surface area (Å²) in [6.07, 6.45) is 5.32. The molecule has 0 bridgehead atoms. The molecule has 1 aromatic rings. The number of unbranched alkanes of at least 4 members (excludes halogenated alkanes) is 1. The van der Waals surface area contributed by atoms with Crippen LogP contribution in [0.1, 0.15) is 51.9 Å². The smallest absolute Gasteiger partial charge is 0.330 e. The van der Waals surface area contributed by atoms with Gasteiger partial charge in [0.2, 0.25) is 5.91 Å². The number of aromatic nitrogens is 2. The number of hydrogen-bond donors (Lipinski definition) is 2. The number of imide groups is 1. The van der Waals surface area contributed by atoms with Gasteiger partial charge in [0.05, 0.1) is 0 Å². The Hall–Kier alpha value is -3.11. The van der Waals surface area contributed by atoms with Crippen molar-refractivity contribution in [3.63, 3.8) is 0 Å². The number of hydrogen-bond acceptors (Lipinski definition) is 6. The lowest BCUT2D eigenvalue weighted by Crippen LogP contribution is -2.49. The zero-order chi connectivity index (χ0) is 22.9. The molecule has 1 aromatic heterocycles. The van der Waals surface area contributed by atoms with Crippen LogP contribution in [0, 0.1) is 0 Å². The van der Waals surface area contributed by atoms with Crippen LogP contribution in [0.5, 0.6) is 0 Å². The van der Waals surface area contributed by atoms with Gasteiger partial charge in [0, 0.05) is 20.6 Å². The van der Waals surface area contributed by atoms with Gasteiger partial charge in [-0.25, -0.2) is 9.59 Å². The average molecular weight is 434 g/mol. The summed E-state index contributed by atoms with van der Waals surface area (Å²) >= 11 is 0. The van der Waals surface area contributed by atoms with Crippen LogP contribution in [0.2, 0.25) is 0 Å². The third-order valence-electron chi connectivity index (χ3n) is 6.44. The van der Waals surface area contributed by atoms with E-state index in [0.717, 1.165) is 35.5 Å². The van der Waals surface area contributed by atoms with Crippen LogP contribution in [0.3, 0.4) is 0 Å². The lowest BCUT2D eigenvalue weighted by molar-refractivity contribution is -0.136. The van der Waals surface area contributed by atoms with Crippen molar-refractivity contribution in [2.24, 2.45) is 0 Å². The summed E-state index contributed by atoms with van der Waals surface area (Å²) in [6, 6.07) is -0.525. The maximum absolute atomic E-state index is 13.1. The van der Waals surface area contributed by atoms with Gasteiger partial charge in [-0.15, -0.1) is 0 Å². The van der Waals surface area contributed by atoms with Crippen LogP contribution in [-0.4, -0.2) is 63.4 Å². The largest absolute Gasteiger partial charge is 0.383 e. The fourth-order valence-electron chi connectivity index (χ4n) is 4.48. The molecule has 0 atom stereocenters. The number of nitrogen functional groups attached to an aromatic ring is 1. The number of H-pyrrole nitrogens is 1. The molecule has 1 saturated heterocycles. The summed E-state index contributed by atoms with van der Waals surface area (Å²) in [5.74, 6) is -1.16. The van der Waals surface area contributed by atoms with Crippen molar-refractivity contribution in [2.45, 2.75) is 64.0 Å². The monoisotopic (exact) mass is 434 g/mol. The van der Waals surface area contributed by atoms with Crippen LogP contribution >= 0.6 is 0 Å². The number of amides is 4. The number of rotatable bonds is 6. The molecule has 1 aliphatic heterocycles. The van der Waals surface area contributed by atoms with Crippen LogP contribution in [0.4, 0.5) is 16.3 Å². The molecular formula is C20H30N6O5. The molecule has 2 aliphatic rings. The highest BCUT2D eigenvalue weighted by molar-refractivity contribution is 6.10. The van der Waals surface area contributed by atoms with Crippen molar-refractivity contribution >= 4 is 29.4 Å². The van der Waals surface area contributed by atoms with E-state index < -0.39 is 35.3 Å². The lowest BCUT2D eigenvalue weighted by Gasteiger charge is -2.35. The predicted molar refractivity (Wildman–Crippen MR) is 115 cm³/mol. The second kappa shape index (κ2) is 8.56. The van der Waals surface area contributed by atoms with Gasteiger partial charge in [0.1, 0.15) is 17.9 Å². The standard InChI is InChI=1S/C20H30N6O5/c1-4-5-11-25-15(21)14(16(28)22-18(25)30)23(2)13(27)12-26-17(29)20(24(3)19(26)31)9-7-6-8-10-20/h4-12,21H2,1-3H3,(H,22,28,30). The Morgan fingerprint density at radius 3 is 2.42 bits per heavy atom. The molecule has 0 unspecified atom stereocenters. The van der Waals surface area contributed by atoms with E-state index >= 15 is 0 Å². The van der Waals surface area contributed by atoms with E-state index in [-0.39, 0.29) is 17.4 Å². The van der Waals surface area contributed by atoms with Gasteiger partial charge in [-0.05, 0) is 19.3 Å². The van der Waals surface area contributed by atoms with Crippen LogP contribution in [-0.2, 0) is 16.1 Å². The fourth-order valence-corrected chi connectivity index (χ4v) is 4.48. The number of carbonyl (C=O) groups is 3. The number of urea groups is 1. The molecule has 170 valence electrons. The zero-order valence-corrected chi connectivity index (χ0v) is 18.3. The summed E-state index contributed by atoms with van der Waals surface area (Å²) in [5.41, 5.74) is 3.54. The highest BCUT2D eigenvalue weighted by Crippen LogP contribution is 2.39. The molecule has 2 fully saturated rings. The van der Waals surface area contributed by atoms with Crippen molar-refractivity contribution in [1.29, 1.82) is 0 Å². The number of nitrogens with zero attached hydrogens (tertiary/aromatic N) is 4. The average Bonchev–Trinajstić information content (AvgIpc) is 2.90. The molecule has 4 amide bonds. The number of anilines is 2. The molecule has 1 aliphatic carbocycles. The molecule has 2 heterocycles. The Balaban J connectivity index is 1.86. The van der Waals surface area contributed by atoms with Crippen molar-refractivity contribution in [1.82, 2.24) is 19.4 Å². The topological polar surface area (TPSA) is 142 Å². The number of nitrogens with two attached hydrogens (primary N) is 1. The van der Waals surface area contributed by atoms with Crippen molar-refractivity contribution in [3.05, 3.63) is 20.8 Å². The first-order valence-corrected chi connectivity index (χ1v) is 10.6. The Morgan fingerprint density at radius 2 is 1.81 bits per heavy atom. The van der Waals surface area contributed by atoms with E-state index in [0.29, 0.717) is 25.8 Å².